The van der Waals surface area contributed by atoms with Crippen molar-refractivity contribution >= 4 is 50.1 Å². The highest BCUT2D eigenvalue weighted by molar-refractivity contribution is 9.10. The second-order valence-corrected chi connectivity index (χ2v) is 11.3. The Morgan fingerprint density at radius 1 is 1.05 bits per heavy atom. The smallest absolute Gasteiger partial charge is 0.360 e. The molecule has 4 rings (SSSR count). The van der Waals surface area contributed by atoms with E-state index in [-0.39, 0.29) is 23.2 Å². The summed E-state index contributed by atoms with van der Waals surface area (Å²) in [5, 5.41) is 7.18. The topological polar surface area (TPSA) is 119 Å². The second-order valence-electron chi connectivity index (χ2n) is 8.83. The van der Waals surface area contributed by atoms with E-state index in [1.807, 2.05) is 36.4 Å². The normalized spacial score (nSPS) is 14.4. The van der Waals surface area contributed by atoms with Crippen LogP contribution in [0.25, 0.3) is 17.8 Å². The lowest BCUT2D eigenvalue weighted by Gasteiger charge is -2.22. The lowest BCUT2D eigenvalue weighted by atomic mass is 9.96. The van der Waals surface area contributed by atoms with Crippen LogP contribution in [0.3, 0.4) is 0 Å². The van der Waals surface area contributed by atoms with Crippen LogP contribution in [-0.2, 0) is 14.8 Å². The van der Waals surface area contributed by atoms with Gasteiger partial charge in [-0.2, -0.15) is 5.10 Å². The van der Waals surface area contributed by atoms with E-state index in [2.05, 4.69) is 31.1 Å². The molecule has 1 heterocycles. The minimum absolute atomic E-state index is 0.0180. The van der Waals surface area contributed by atoms with E-state index in [1.165, 1.54) is 16.8 Å². The Kier molecular flexibility index (Phi) is 9.01. The maximum Gasteiger partial charge on any atom is 0.360 e. The van der Waals surface area contributed by atoms with Crippen molar-refractivity contribution in [2.75, 3.05) is 6.61 Å². The summed E-state index contributed by atoms with van der Waals surface area (Å²) in [6, 6.07) is 14.8. The Hall–Kier alpha value is -3.44. The number of nitrogens with one attached hydrogen (secondary N) is 2. The average Bonchev–Trinajstić information content (AvgIpc) is 3.24. The number of hydrogen-bond donors (Lipinski definition) is 2. The summed E-state index contributed by atoms with van der Waals surface area (Å²) in [5.74, 6) is -0.583. The first-order valence-corrected chi connectivity index (χ1v) is 14.7. The lowest BCUT2D eigenvalue weighted by molar-refractivity contribution is 0.0518. The molecule has 1 aliphatic rings. The Bertz CT molecular complexity index is 1410. The Balaban J connectivity index is 1.59. The molecule has 200 valence electrons. The van der Waals surface area contributed by atoms with Gasteiger partial charge in [0.15, 0.2) is 5.69 Å². The van der Waals surface area contributed by atoms with Crippen molar-refractivity contribution in [3.8, 4) is 5.69 Å². The fourth-order valence-corrected chi connectivity index (χ4v) is 5.69. The van der Waals surface area contributed by atoms with Gasteiger partial charge in [-0.05, 0) is 71.6 Å². The molecule has 1 aliphatic carbocycles. The number of urea groups is 1. The van der Waals surface area contributed by atoms with Crippen LogP contribution in [-0.4, -0.2) is 42.8 Å². The molecular weight excluding hydrogens is 572 g/mol. The second kappa shape index (κ2) is 12.4. The molecule has 38 heavy (non-hydrogen) atoms. The zero-order valence-electron chi connectivity index (χ0n) is 20.9. The molecule has 0 atom stereocenters. The van der Waals surface area contributed by atoms with Gasteiger partial charge < -0.3 is 10.1 Å². The van der Waals surface area contributed by atoms with Gasteiger partial charge in [-0.3, -0.25) is 0 Å². The molecule has 0 spiro atoms. The monoisotopic (exact) mass is 600 g/mol. The van der Waals surface area contributed by atoms with E-state index in [0.717, 1.165) is 37.7 Å². The van der Waals surface area contributed by atoms with Gasteiger partial charge in [-0.25, -0.2) is 27.4 Å². The molecule has 11 heteroatoms. The van der Waals surface area contributed by atoms with E-state index < -0.39 is 22.0 Å². The molecule has 2 aromatic carbocycles. The number of hydrogen-bond acceptors (Lipinski definition) is 6. The van der Waals surface area contributed by atoms with E-state index >= 15 is 0 Å². The number of nitrogens with zero attached hydrogens (tertiary/aromatic N) is 2. The van der Waals surface area contributed by atoms with Crippen molar-refractivity contribution in [1.82, 2.24) is 19.8 Å². The van der Waals surface area contributed by atoms with Crippen molar-refractivity contribution in [2.45, 2.75) is 50.0 Å². The summed E-state index contributed by atoms with van der Waals surface area (Å²) in [6.45, 7) is 1.91. The summed E-state index contributed by atoms with van der Waals surface area (Å²) in [7, 11) is -4.08. The number of carbonyl (C=O) groups is 2. The molecule has 1 fully saturated rings. The number of esters is 1. The molecule has 0 radical (unpaired) electrons. The molecule has 0 bridgehead atoms. The van der Waals surface area contributed by atoms with Crippen molar-refractivity contribution < 1.29 is 22.7 Å². The molecule has 3 aromatic rings. The molecular formula is C27H29BrN4O5S. The highest BCUT2D eigenvalue weighted by Gasteiger charge is 2.24. The van der Waals surface area contributed by atoms with Crippen molar-refractivity contribution in [2.24, 2.45) is 0 Å². The van der Waals surface area contributed by atoms with Gasteiger partial charge in [0.2, 0.25) is 0 Å². The average molecular weight is 602 g/mol. The molecule has 9 nitrogen and oxygen atoms in total. The third-order valence-corrected chi connectivity index (χ3v) is 8.25. The van der Waals surface area contributed by atoms with Gasteiger partial charge in [-0.15, -0.1) is 0 Å². The van der Waals surface area contributed by atoms with Gasteiger partial charge in [0.25, 0.3) is 10.0 Å². The number of halogens is 1. The summed E-state index contributed by atoms with van der Waals surface area (Å²) in [4.78, 5) is 24.7. The number of carbonyl (C=O) groups excluding carboxylic acids is 2. The lowest BCUT2D eigenvalue weighted by Crippen LogP contribution is -2.45. The first kappa shape index (κ1) is 27.6. The van der Waals surface area contributed by atoms with Crippen LogP contribution in [0, 0.1) is 0 Å². The number of ether oxygens (including phenoxy) is 1. The van der Waals surface area contributed by atoms with E-state index in [0.29, 0.717) is 15.9 Å². The molecule has 2 N–H and O–H groups in total. The SMILES string of the molecule is CCOC(=O)c1nn(-c2ccc(S(=O)(=O)NC(=O)NC3CCCCC3)cc2)c(/C=C/c2ccccc2)c1Br. The van der Waals surface area contributed by atoms with Crippen LogP contribution in [0.4, 0.5) is 4.79 Å². The number of benzene rings is 2. The molecule has 0 aliphatic heterocycles. The van der Waals surface area contributed by atoms with E-state index in [1.54, 1.807) is 25.1 Å². The Morgan fingerprint density at radius 2 is 1.74 bits per heavy atom. The van der Waals surface area contributed by atoms with Crippen LogP contribution >= 0.6 is 15.9 Å². The van der Waals surface area contributed by atoms with Crippen molar-refractivity contribution in [3.05, 3.63) is 76.0 Å². The van der Waals surface area contributed by atoms with Gasteiger partial charge in [0.1, 0.15) is 0 Å². The minimum atomic E-state index is -4.08. The van der Waals surface area contributed by atoms with Crippen LogP contribution in [0.2, 0.25) is 0 Å². The van der Waals surface area contributed by atoms with Crippen LogP contribution in [0.15, 0.2) is 64.0 Å². The van der Waals surface area contributed by atoms with Crippen LogP contribution < -0.4 is 10.0 Å². The number of aromatic nitrogens is 2. The quantitative estimate of drug-likeness (QED) is 0.338. The zero-order chi connectivity index (χ0) is 27.1. The fraction of sp³-hybridized carbons (Fsp3) is 0.296. The highest BCUT2D eigenvalue weighted by atomic mass is 79.9. The summed E-state index contributed by atoms with van der Waals surface area (Å²) in [6.07, 6.45) is 8.53. The first-order chi connectivity index (χ1) is 18.3. The van der Waals surface area contributed by atoms with E-state index in [9.17, 15) is 18.0 Å². The van der Waals surface area contributed by atoms with Gasteiger partial charge >= 0.3 is 12.0 Å². The number of sulfonamides is 1. The maximum atomic E-state index is 12.8. The van der Waals surface area contributed by atoms with Gasteiger partial charge in [0, 0.05) is 6.04 Å². The number of amides is 2. The summed E-state index contributed by atoms with van der Waals surface area (Å²) >= 11 is 3.47. The maximum absolute atomic E-state index is 12.8. The summed E-state index contributed by atoms with van der Waals surface area (Å²) in [5.41, 5.74) is 2.12. The number of rotatable bonds is 8. The fourth-order valence-electron chi connectivity index (χ4n) is 4.23. The van der Waals surface area contributed by atoms with Gasteiger partial charge in [0.05, 0.1) is 27.4 Å². The highest BCUT2D eigenvalue weighted by Crippen LogP contribution is 2.28. The first-order valence-electron chi connectivity index (χ1n) is 12.4. The molecule has 0 saturated heterocycles. The zero-order valence-corrected chi connectivity index (χ0v) is 23.3. The third kappa shape index (κ3) is 6.70. The molecule has 0 unspecified atom stereocenters. The molecule has 2 amide bonds. The predicted molar refractivity (Wildman–Crippen MR) is 148 cm³/mol. The Morgan fingerprint density at radius 3 is 2.39 bits per heavy atom. The largest absolute Gasteiger partial charge is 0.461 e. The predicted octanol–water partition coefficient (Wildman–Crippen LogP) is 5.30. The standard InChI is InChI=1S/C27H29BrN4O5S/c1-2-37-26(33)25-24(28)23(18-13-19-9-5-3-6-10-19)32(30-25)21-14-16-22(17-15-21)38(35,36)31-27(34)29-20-11-7-4-8-12-20/h3,5-6,9-10,13-18,20H,2,4,7-8,11-12H2,1H3,(H2,29,31,34)/b18-13+. The summed E-state index contributed by atoms with van der Waals surface area (Å²) < 4.78 is 34.8. The van der Waals surface area contributed by atoms with Gasteiger partial charge in [-0.1, -0.05) is 55.7 Å². The van der Waals surface area contributed by atoms with Crippen LogP contribution in [0.5, 0.6) is 0 Å². The third-order valence-electron chi connectivity index (χ3n) is 6.12. The van der Waals surface area contributed by atoms with Crippen LogP contribution in [0.1, 0.15) is 60.8 Å². The van der Waals surface area contributed by atoms with E-state index in [4.69, 9.17) is 4.74 Å². The van der Waals surface area contributed by atoms with Crippen molar-refractivity contribution in [3.63, 3.8) is 0 Å². The Labute approximate surface area is 230 Å². The van der Waals surface area contributed by atoms with Crippen molar-refractivity contribution in [1.29, 1.82) is 0 Å². The molecule has 1 saturated carbocycles. The molecule has 1 aromatic heterocycles. The minimum Gasteiger partial charge on any atom is -0.461 e.